The molecule has 17 heavy (non-hydrogen) atoms. The van der Waals surface area contributed by atoms with E-state index in [4.69, 9.17) is 10.2 Å². The van der Waals surface area contributed by atoms with Gasteiger partial charge in [0.2, 0.25) is 11.8 Å². The first-order chi connectivity index (χ1) is 7.92. The molecule has 5 nitrogen and oxygen atoms in total. The molecule has 1 rings (SSSR count). The predicted molar refractivity (Wildman–Crippen MR) is 65.3 cm³/mol. The number of nitrogens with zero attached hydrogens (tertiary/aromatic N) is 1. The molecule has 1 aromatic heterocycles. The molecule has 0 saturated heterocycles. The molecule has 0 aliphatic rings. The number of aromatic nitrogens is 1. The third kappa shape index (κ3) is 3.06. The maximum absolute atomic E-state index is 12.1. The highest BCUT2D eigenvalue weighted by Gasteiger charge is 2.31. The lowest BCUT2D eigenvalue weighted by atomic mass is 9.86. The van der Waals surface area contributed by atoms with Crippen molar-refractivity contribution in [3.63, 3.8) is 0 Å². The van der Waals surface area contributed by atoms with Crippen LogP contribution in [0.25, 0.3) is 0 Å². The molecule has 2 unspecified atom stereocenters. The number of hydrogen-bond acceptors (Lipinski definition) is 4. The molecule has 0 fully saturated rings. The van der Waals surface area contributed by atoms with Crippen LogP contribution in [0, 0.1) is 12.3 Å². The molecule has 0 radical (unpaired) electrons. The van der Waals surface area contributed by atoms with Gasteiger partial charge in [-0.15, -0.1) is 0 Å². The summed E-state index contributed by atoms with van der Waals surface area (Å²) in [6, 6.07) is -0.242. The van der Waals surface area contributed by atoms with E-state index in [-0.39, 0.29) is 11.9 Å². The van der Waals surface area contributed by atoms with Gasteiger partial charge in [-0.05, 0) is 27.2 Å². The van der Waals surface area contributed by atoms with Crippen molar-refractivity contribution in [1.82, 2.24) is 10.3 Å². The van der Waals surface area contributed by atoms with Crippen molar-refractivity contribution in [3.8, 4) is 0 Å². The van der Waals surface area contributed by atoms with Crippen molar-refractivity contribution < 1.29 is 9.21 Å². The van der Waals surface area contributed by atoms with E-state index in [1.807, 2.05) is 27.7 Å². The van der Waals surface area contributed by atoms with Gasteiger partial charge in [-0.1, -0.05) is 6.92 Å². The lowest BCUT2D eigenvalue weighted by Gasteiger charge is -2.26. The maximum atomic E-state index is 12.1. The fourth-order valence-electron chi connectivity index (χ4n) is 1.40. The van der Waals surface area contributed by atoms with Gasteiger partial charge in [0.15, 0.2) is 0 Å². The van der Waals surface area contributed by atoms with E-state index < -0.39 is 5.41 Å². The largest absolute Gasteiger partial charge is 0.444 e. The van der Waals surface area contributed by atoms with Gasteiger partial charge in [0.25, 0.3) is 0 Å². The summed E-state index contributed by atoms with van der Waals surface area (Å²) in [5.74, 6) is 1.19. The Morgan fingerprint density at radius 3 is 2.76 bits per heavy atom. The molecule has 0 aliphatic heterocycles. The first-order valence-electron chi connectivity index (χ1n) is 5.86. The number of nitrogens with two attached hydrogens (primary N) is 1. The summed E-state index contributed by atoms with van der Waals surface area (Å²) >= 11 is 0. The van der Waals surface area contributed by atoms with Crippen molar-refractivity contribution >= 4 is 5.91 Å². The highest BCUT2D eigenvalue weighted by molar-refractivity contribution is 5.82. The Morgan fingerprint density at radius 2 is 2.35 bits per heavy atom. The molecule has 1 heterocycles. The average Bonchev–Trinajstić information content (AvgIpc) is 2.74. The van der Waals surface area contributed by atoms with Gasteiger partial charge in [0.05, 0.1) is 11.6 Å². The second-order valence-corrected chi connectivity index (χ2v) is 4.62. The van der Waals surface area contributed by atoms with Crippen molar-refractivity contribution in [2.45, 2.75) is 40.2 Å². The number of carbonyl (C=O) groups is 1. The zero-order valence-corrected chi connectivity index (χ0v) is 10.9. The van der Waals surface area contributed by atoms with Crippen LogP contribution in [0.3, 0.4) is 0 Å². The lowest BCUT2D eigenvalue weighted by molar-refractivity contribution is -0.130. The monoisotopic (exact) mass is 239 g/mol. The van der Waals surface area contributed by atoms with Crippen LogP contribution in [0.2, 0.25) is 0 Å². The average molecular weight is 239 g/mol. The van der Waals surface area contributed by atoms with Crippen LogP contribution in [0.5, 0.6) is 0 Å². The van der Waals surface area contributed by atoms with E-state index in [0.717, 1.165) is 5.76 Å². The van der Waals surface area contributed by atoms with Crippen LogP contribution >= 0.6 is 0 Å². The van der Waals surface area contributed by atoms with Gasteiger partial charge >= 0.3 is 0 Å². The number of rotatable bonds is 5. The van der Waals surface area contributed by atoms with E-state index in [0.29, 0.717) is 18.9 Å². The summed E-state index contributed by atoms with van der Waals surface area (Å²) in [7, 11) is 0. The summed E-state index contributed by atoms with van der Waals surface area (Å²) in [5.41, 5.74) is 5.11. The van der Waals surface area contributed by atoms with Crippen LogP contribution in [0.1, 0.15) is 44.9 Å². The van der Waals surface area contributed by atoms with Gasteiger partial charge in [0, 0.05) is 6.54 Å². The van der Waals surface area contributed by atoms with Crippen LogP contribution in [0.4, 0.5) is 0 Å². The zero-order valence-electron chi connectivity index (χ0n) is 10.9. The zero-order chi connectivity index (χ0) is 13.1. The third-order valence-corrected chi connectivity index (χ3v) is 3.14. The van der Waals surface area contributed by atoms with Gasteiger partial charge in [-0.2, -0.15) is 0 Å². The minimum absolute atomic E-state index is 0.0640. The minimum atomic E-state index is -0.532. The quantitative estimate of drug-likeness (QED) is 0.816. The van der Waals surface area contributed by atoms with Crippen LogP contribution in [-0.4, -0.2) is 17.4 Å². The van der Waals surface area contributed by atoms with Gasteiger partial charge in [-0.3, -0.25) is 4.79 Å². The van der Waals surface area contributed by atoms with Crippen molar-refractivity contribution in [2.75, 3.05) is 6.54 Å². The summed E-state index contributed by atoms with van der Waals surface area (Å²) in [5, 5.41) is 2.88. The van der Waals surface area contributed by atoms with E-state index in [1.165, 1.54) is 0 Å². The third-order valence-electron chi connectivity index (χ3n) is 3.14. The fourth-order valence-corrected chi connectivity index (χ4v) is 1.40. The molecule has 2 atom stereocenters. The molecule has 0 aliphatic carbocycles. The van der Waals surface area contributed by atoms with Gasteiger partial charge < -0.3 is 15.5 Å². The van der Waals surface area contributed by atoms with Gasteiger partial charge in [0.1, 0.15) is 11.8 Å². The Bertz CT molecular complexity index is 383. The Hall–Kier alpha value is -1.36. The van der Waals surface area contributed by atoms with Crippen molar-refractivity contribution in [1.29, 1.82) is 0 Å². The maximum Gasteiger partial charge on any atom is 0.227 e. The summed E-state index contributed by atoms with van der Waals surface area (Å²) in [6.07, 6.45) is 2.34. The smallest absolute Gasteiger partial charge is 0.227 e. The van der Waals surface area contributed by atoms with E-state index >= 15 is 0 Å². The molecule has 0 saturated carbocycles. The summed E-state index contributed by atoms with van der Waals surface area (Å²) in [4.78, 5) is 16.1. The Balaban J connectivity index is 2.69. The summed E-state index contributed by atoms with van der Waals surface area (Å²) in [6.45, 7) is 7.80. The molecule has 96 valence electrons. The number of hydrogen-bond donors (Lipinski definition) is 2. The highest BCUT2D eigenvalue weighted by atomic mass is 16.4. The topological polar surface area (TPSA) is 81.2 Å². The molecule has 1 aromatic rings. The molecule has 5 heteroatoms. The molecule has 0 aromatic carbocycles. The standard InChI is InChI=1S/C12H21N3O2/c1-5-12(4,7-13)11(16)15-9(3)10-14-6-8(2)17-10/h6,9H,5,7,13H2,1-4H3,(H,15,16). The predicted octanol–water partition coefficient (Wildman–Crippen LogP) is 1.54. The molecule has 0 bridgehead atoms. The second kappa shape index (κ2) is 5.31. The van der Waals surface area contributed by atoms with Crippen molar-refractivity contribution in [2.24, 2.45) is 11.1 Å². The van der Waals surface area contributed by atoms with Crippen molar-refractivity contribution in [3.05, 3.63) is 17.8 Å². The number of oxazole rings is 1. The molecule has 3 N–H and O–H groups in total. The van der Waals surface area contributed by atoms with E-state index in [2.05, 4.69) is 10.3 Å². The molecular weight excluding hydrogens is 218 g/mol. The number of amides is 1. The number of carbonyl (C=O) groups excluding carboxylic acids is 1. The first kappa shape index (κ1) is 13.7. The number of nitrogens with one attached hydrogen (secondary N) is 1. The number of aryl methyl sites for hydroxylation is 1. The lowest BCUT2D eigenvalue weighted by Crippen LogP contribution is -2.44. The van der Waals surface area contributed by atoms with Crippen LogP contribution < -0.4 is 11.1 Å². The fraction of sp³-hybridized carbons (Fsp3) is 0.667. The van der Waals surface area contributed by atoms with Crippen LogP contribution in [-0.2, 0) is 4.79 Å². The Kier molecular flexibility index (Phi) is 4.28. The Morgan fingerprint density at radius 1 is 1.71 bits per heavy atom. The van der Waals surface area contributed by atoms with Crippen LogP contribution in [0.15, 0.2) is 10.6 Å². The van der Waals surface area contributed by atoms with E-state index in [1.54, 1.807) is 6.20 Å². The SMILES string of the molecule is CCC(C)(CN)C(=O)NC(C)c1ncc(C)o1. The molecular formula is C12H21N3O2. The summed E-state index contributed by atoms with van der Waals surface area (Å²) < 4.78 is 5.37. The highest BCUT2D eigenvalue weighted by Crippen LogP contribution is 2.21. The normalized spacial score (nSPS) is 16.3. The first-order valence-corrected chi connectivity index (χ1v) is 5.86. The van der Waals surface area contributed by atoms with Gasteiger partial charge in [-0.25, -0.2) is 4.98 Å². The Labute approximate surface area is 102 Å². The molecule has 0 spiro atoms. The second-order valence-electron chi connectivity index (χ2n) is 4.62. The molecule has 1 amide bonds. The minimum Gasteiger partial charge on any atom is -0.444 e. The van der Waals surface area contributed by atoms with E-state index in [9.17, 15) is 4.79 Å².